The summed E-state index contributed by atoms with van der Waals surface area (Å²) in [6.45, 7) is 0.311. The van der Waals surface area contributed by atoms with Gasteiger partial charge in [0.25, 0.3) is 0 Å². The maximum absolute atomic E-state index is 12.0. The van der Waals surface area contributed by atoms with Crippen LogP contribution in [0.2, 0.25) is 0 Å². The summed E-state index contributed by atoms with van der Waals surface area (Å²) in [6, 6.07) is 3.02. The molecule has 0 aliphatic carbocycles. The predicted octanol–water partition coefficient (Wildman–Crippen LogP) is 2.29. The van der Waals surface area contributed by atoms with Crippen LogP contribution < -0.4 is 14.2 Å². The maximum atomic E-state index is 12.0. The van der Waals surface area contributed by atoms with Gasteiger partial charge in [-0.05, 0) is 18.6 Å². The molecule has 0 atom stereocenters. The molecule has 1 aromatic carbocycles. The second-order valence-electron chi connectivity index (χ2n) is 4.15. The van der Waals surface area contributed by atoms with E-state index in [-0.39, 0.29) is 13.2 Å². The van der Waals surface area contributed by atoms with Gasteiger partial charge in [0.15, 0.2) is 11.5 Å². The highest BCUT2D eigenvalue weighted by Crippen LogP contribution is 2.38. The molecule has 0 amide bonds. The van der Waals surface area contributed by atoms with E-state index in [0.29, 0.717) is 35.7 Å². The number of carbonyl (C=O) groups is 1. The van der Waals surface area contributed by atoms with Gasteiger partial charge in [0, 0.05) is 6.42 Å². The van der Waals surface area contributed by atoms with Crippen LogP contribution in [0.25, 0.3) is 0 Å². The van der Waals surface area contributed by atoms with E-state index in [2.05, 4.69) is 11.8 Å². The molecule has 0 heterocycles. The number of benzene rings is 1. The maximum Gasteiger partial charge on any atom is 0.338 e. The van der Waals surface area contributed by atoms with Crippen LogP contribution in [0.15, 0.2) is 12.1 Å². The van der Waals surface area contributed by atoms with Crippen molar-refractivity contribution in [3.8, 4) is 41.9 Å². The van der Waals surface area contributed by atoms with Gasteiger partial charge in [-0.3, -0.25) is 0 Å². The number of unbranched alkanes of at least 4 members (excludes halogenated alkanes) is 1. The summed E-state index contributed by atoms with van der Waals surface area (Å²) in [4.78, 5) is 12.0. The van der Waals surface area contributed by atoms with Gasteiger partial charge in [-0.15, -0.1) is 18.8 Å². The SMILES string of the molecule is C#CCCCOC(=O)c1cc(OC)c(OCC#C)c(OC)c1. The Bertz CT molecular complexity index is 567. The summed E-state index contributed by atoms with van der Waals surface area (Å²) in [5, 5.41) is 0. The van der Waals surface area contributed by atoms with Gasteiger partial charge in [-0.2, -0.15) is 0 Å². The summed E-state index contributed by atoms with van der Waals surface area (Å²) in [7, 11) is 2.92. The largest absolute Gasteiger partial charge is 0.493 e. The first-order chi connectivity index (χ1) is 10.7. The summed E-state index contributed by atoms with van der Waals surface area (Å²) in [5.41, 5.74) is 0.294. The van der Waals surface area contributed by atoms with Crippen LogP contribution in [-0.2, 0) is 4.74 Å². The molecule has 0 spiro atoms. The number of hydrogen-bond acceptors (Lipinski definition) is 5. The molecule has 5 heteroatoms. The lowest BCUT2D eigenvalue weighted by Crippen LogP contribution is -2.08. The van der Waals surface area contributed by atoms with Crippen molar-refractivity contribution in [2.45, 2.75) is 12.8 Å². The van der Waals surface area contributed by atoms with E-state index in [4.69, 9.17) is 31.8 Å². The second kappa shape index (κ2) is 9.20. The van der Waals surface area contributed by atoms with Crippen molar-refractivity contribution in [3.63, 3.8) is 0 Å². The molecular weight excluding hydrogens is 284 g/mol. The van der Waals surface area contributed by atoms with E-state index in [1.54, 1.807) is 0 Å². The minimum Gasteiger partial charge on any atom is -0.493 e. The molecule has 0 aromatic heterocycles. The molecule has 0 radical (unpaired) electrons. The zero-order chi connectivity index (χ0) is 16.4. The quantitative estimate of drug-likeness (QED) is 0.419. The third kappa shape index (κ3) is 4.64. The molecule has 0 saturated heterocycles. The highest BCUT2D eigenvalue weighted by molar-refractivity contribution is 5.91. The Hall–Kier alpha value is -2.79. The van der Waals surface area contributed by atoms with Crippen molar-refractivity contribution in [1.29, 1.82) is 0 Å². The average Bonchev–Trinajstić information content (AvgIpc) is 2.55. The van der Waals surface area contributed by atoms with Crippen LogP contribution >= 0.6 is 0 Å². The Kier molecular flexibility index (Phi) is 7.22. The molecule has 22 heavy (non-hydrogen) atoms. The molecule has 0 N–H and O–H groups in total. The Morgan fingerprint density at radius 3 is 2.27 bits per heavy atom. The fourth-order valence-electron chi connectivity index (χ4n) is 1.68. The molecular formula is C17H18O5. The monoisotopic (exact) mass is 302 g/mol. The predicted molar refractivity (Wildman–Crippen MR) is 82.2 cm³/mol. The Morgan fingerprint density at radius 2 is 1.77 bits per heavy atom. The van der Waals surface area contributed by atoms with Crippen LogP contribution in [0.4, 0.5) is 0 Å². The first-order valence-corrected chi connectivity index (χ1v) is 6.60. The first kappa shape index (κ1) is 17.3. The summed E-state index contributed by atoms with van der Waals surface area (Å²) >= 11 is 0. The lowest BCUT2D eigenvalue weighted by atomic mass is 10.2. The van der Waals surface area contributed by atoms with E-state index in [9.17, 15) is 4.79 Å². The fourth-order valence-corrected chi connectivity index (χ4v) is 1.68. The van der Waals surface area contributed by atoms with E-state index in [1.165, 1.54) is 26.4 Å². The van der Waals surface area contributed by atoms with E-state index >= 15 is 0 Å². The number of rotatable bonds is 8. The van der Waals surface area contributed by atoms with Gasteiger partial charge in [0.1, 0.15) is 6.61 Å². The number of terminal acetylenes is 2. The molecule has 0 bridgehead atoms. The van der Waals surface area contributed by atoms with Gasteiger partial charge in [-0.25, -0.2) is 4.79 Å². The number of hydrogen-bond donors (Lipinski definition) is 0. The molecule has 0 unspecified atom stereocenters. The van der Waals surface area contributed by atoms with Crippen LogP contribution in [-0.4, -0.2) is 33.4 Å². The van der Waals surface area contributed by atoms with E-state index in [1.807, 2.05) is 0 Å². The van der Waals surface area contributed by atoms with E-state index in [0.717, 1.165) is 0 Å². The van der Waals surface area contributed by atoms with Crippen LogP contribution in [0.1, 0.15) is 23.2 Å². The molecule has 0 aliphatic rings. The zero-order valence-electron chi connectivity index (χ0n) is 12.7. The summed E-state index contributed by atoms with van der Waals surface area (Å²) in [6.07, 6.45) is 11.5. The van der Waals surface area contributed by atoms with Gasteiger partial charge >= 0.3 is 5.97 Å². The summed E-state index contributed by atoms with van der Waals surface area (Å²) < 4.78 is 20.9. The average molecular weight is 302 g/mol. The number of methoxy groups -OCH3 is 2. The van der Waals surface area contributed by atoms with Crippen molar-refractivity contribution >= 4 is 5.97 Å². The van der Waals surface area contributed by atoms with Crippen molar-refractivity contribution in [3.05, 3.63) is 17.7 Å². The molecule has 116 valence electrons. The van der Waals surface area contributed by atoms with Gasteiger partial charge in [0.2, 0.25) is 5.75 Å². The summed E-state index contributed by atoms with van der Waals surface area (Å²) in [5.74, 6) is 5.36. The molecule has 5 nitrogen and oxygen atoms in total. The number of esters is 1. The Labute approximate surface area is 130 Å². The molecule has 0 fully saturated rings. The van der Waals surface area contributed by atoms with Gasteiger partial charge < -0.3 is 18.9 Å². The lowest BCUT2D eigenvalue weighted by molar-refractivity contribution is 0.0501. The lowest BCUT2D eigenvalue weighted by Gasteiger charge is -2.14. The highest BCUT2D eigenvalue weighted by atomic mass is 16.5. The zero-order valence-corrected chi connectivity index (χ0v) is 12.7. The first-order valence-electron chi connectivity index (χ1n) is 6.60. The second-order valence-corrected chi connectivity index (χ2v) is 4.15. The molecule has 1 aromatic rings. The molecule has 1 rings (SSSR count). The van der Waals surface area contributed by atoms with Crippen molar-refractivity contribution in [1.82, 2.24) is 0 Å². The molecule has 0 aliphatic heterocycles. The minimum atomic E-state index is -0.489. The third-order valence-electron chi connectivity index (χ3n) is 2.69. The number of ether oxygens (including phenoxy) is 4. The van der Waals surface area contributed by atoms with Crippen molar-refractivity contribution in [2.75, 3.05) is 27.4 Å². The highest BCUT2D eigenvalue weighted by Gasteiger charge is 2.18. The van der Waals surface area contributed by atoms with Crippen molar-refractivity contribution in [2.24, 2.45) is 0 Å². The van der Waals surface area contributed by atoms with Gasteiger partial charge in [-0.1, -0.05) is 5.92 Å². The van der Waals surface area contributed by atoms with Gasteiger partial charge in [0.05, 0.1) is 26.4 Å². The Morgan fingerprint density at radius 1 is 1.14 bits per heavy atom. The fraction of sp³-hybridized carbons (Fsp3) is 0.353. The van der Waals surface area contributed by atoms with Crippen molar-refractivity contribution < 1.29 is 23.7 Å². The normalized spacial score (nSPS) is 9.27. The standard InChI is InChI=1S/C17H18O5/c1-5-7-8-10-22-17(18)13-11-14(19-3)16(21-9-6-2)15(12-13)20-4/h1-2,11-12H,7-10H2,3-4H3. The van der Waals surface area contributed by atoms with Crippen LogP contribution in [0.5, 0.6) is 17.2 Å². The van der Waals surface area contributed by atoms with Crippen LogP contribution in [0, 0.1) is 24.7 Å². The third-order valence-corrected chi connectivity index (χ3v) is 2.69. The Balaban J connectivity index is 2.95. The molecule has 0 saturated carbocycles. The number of carbonyl (C=O) groups excluding carboxylic acids is 1. The topological polar surface area (TPSA) is 54.0 Å². The smallest absolute Gasteiger partial charge is 0.338 e. The minimum absolute atomic E-state index is 0.0581. The van der Waals surface area contributed by atoms with Crippen LogP contribution in [0.3, 0.4) is 0 Å². The van der Waals surface area contributed by atoms with E-state index < -0.39 is 5.97 Å².